The molecule has 1 heterocycles. The maximum atomic E-state index is 11.6. The number of carbonyl (C=O) groups excluding carboxylic acids is 1. The van der Waals surface area contributed by atoms with Gasteiger partial charge in [-0.2, -0.15) is 5.10 Å². The lowest BCUT2D eigenvalue weighted by atomic mass is 10.0. The molecule has 1 aromatic carbocycles. The molecule has 0 radical (unpaired) electrons. The van der Waals surface area contributed by atoms with Gasteiger partial charge in [-0.15, -0.1) is 0 Å². The summed E-state index contributed by atoms with van der Waals surface area (Å²) in [5.74, 6) is 1.16. The van der Waals surface area contributed by atoms with Crippen LogP contribution in [-0.4, -0.2) is 30.5 Å². The summed E-state index contributed by atoms with van der Waals surface area (Å²) in [6.07, 6.45) is 0.256. The van der Waals surface area contributed by atoms with E-state index in [4.69, 9.17) is 9.47 Å². The number of nitrogens with zero attached hydrogens (tertiary/aromatic N) is 1. The van der Waals surface area contributed by atoms with Gasteiger partial charge in [0.1, 0.15) is 11.4 Å². The Balaban J connectivity index is 2.45. The average Bonchev–Trinajstić information content (AvgIpc) is 2.89. The Morgan fingerprint density at radius 2 is 2.14 bits per heavy atom. The number of carbonyl (C=O) groups is 1. The number of H-pyrrole nitrogens is 1. The Hall–Kier alpha value is -2.50. The normalized spacial score (nSPS) is 10.6. The first-order valence-corrected chi connectivity index (χ1v) is 7.11. The maximum Gasteiger partial charge on any atom is 0.411 e. The molecule has 22 heavy (non-hydrogen) atoms. The number of aromatic nitrogens is 2. The first-order valence-electron chi connectivity index (χ1n) is 7.11. The van der Waals surface area contributed by atoms with Crippen molar-refractivity contribution in [2.75, 3.05) is 19.5 Å². The molecule has 0 unspecified atom stereocenters. The summed E-state index contributed by atoms with van der Waals surface area (Å²) < 4.78 is 9.94. The minimum absolute atomic E-state index is 0.428. The fourth-order valence-corrected chi connectivity index (χ4v) is 2.20. The van der Waals surface area contributed by atoms with Crippen LogP contribution < -0.4 is 10.1 Å². The molecule has 2 N–H and O–H groups in total. The molecule has 0 saturated heterocycles. The molecule has 1 aromatic heterocycles. The van der Waals surface area contributed by atoms with Crippen molar-refractivity contribution < 1.29 is 14.3 Å². The van der Waals surface area contributed by atoms with Gasteiger partial charge in [-0.3, -0.25) is 10.4 Å². The third-order valence-corrected chi connectivity index (χ3v) is 3.21. The van der Waals surface area contributed by atoms with Crippen LogP contribution in [0.2, 0.25) is 0 Å². The number of methoxy groups -OCH3 is 2. The molecule has 118 valence electrons. The summed E-state index contributed by atoms with van der Waals surface area (Å²) >= 11 is 0. The standard InChI is InChI=1S/C16H21N3O3/c1-10(2)8-13-15(17-16(20)22-4)14(19-18-13)11-6-5-7-12(9-11)21-3/h5-7,9-10H,8H2,1-4H3,(H,17,20)(H,18,19). The number of rotatable bonds is 5. The van der Waals surface area contributed by atoms with Crippen LogP contribution in [0.5, 0.6) is 5.75 Å². The molecule has 0 aliphatic carbocycles. The van der Waals surface area contributed by atoms with Crippen LogP contribution in [0.3, 0.4) is 0 Å². The summed E-state index contributed by atoms with van der Waals surface area (Å²) in [4.78, 5) is 11.6. The van der Waals surface area contributed by atoms with E-state index in [2.05, 4.69) is 29.4 Å². The summed E-state index contributed by atoms with van der Waals surface area (Å²) in [6.45, 7) is 4.21. The maximum absolute atomic E-state index is 11.6. The van der Waals surface area contributed by atoms with Crippen LogP contribution in [0.25, 0.3) is 11.3 Å². The van der Waals surface area contributed by atoms with E-state index in [1.165, 1.54) is 7.11 Å². The molecule has 0 aliphatic rings. The van der Waals surface area contributed by atoms with Crippen molar-refractivity contribution >= 4 is 11.8 Å². The molecule has 6 nitrogen and oxygen atoms in total. The summed E-state index contributed by atoms with van der Waals surface area (Å²) in [6, 6.07) is 7.53. The molecule has 0 saturated carbocycles. The zero-order valence-electron chi connectivity index (χ0n) is 13.3. The van der Waals surface area contributed by atoms with E-state index in [-0.39, 0.29) is 0 Å². The second-order valence-electron chi connectivity index (χ2n) is 5.37. The summed E-state index contributed by atoms with van der Waals surface area (Å²) in [5, 5.41) is 10.1. The van der Waals surface area contributed by atoms with Gasteiger partial charge in [-0.05, 0) is 24.5 Å². The van der Waals surface area contributed by atoms with Crippen LogP contribution in [0.1, 0.15) is 19.5 Å². The first-order chi connectivity index (χ1) is 10.5. The van der Waals surface area contributed by atoms with Gasteiger partial charge in [0.2, 0.25) is 0 Å². The molecule has 2 aromatic rings. The monoisotopic (exact) mass is 303 g/mol. The molecule has 6 heteroatoms. The zero-order chi connectivity index (χ0) is 16.1. The SMILES string of the molecule is COC(=O)Nc1c(-c2cccc(OC)c2)n[nH]c1CC(C)C. The van der Waals surface area contributed by atoms with Crippen molar-refractivity contribution in [2.45, 2.75) is 20.3 Å². The highest BCUT2D eigenvalue weighted by Gasteiger charge is 2.18. The largest absolute Gasteiger partial charge is 0.497 e. The van der Waals surface area contributed by atoms with E-state index < -0.39 is 6.09 Å². The molecule has 0 spiro atoms. The Morgan fingerprint density at radius 1 is 1.36 bits per heavy atom. The number of hydrogen-bond acceptors (Lipinski definition) is 4. The van der Waals surface area contributed by atoms with Gasteiger partial charge in [-0.25, -0.2) is 4.79 Å². The van der Waals surface area contributed by atoms with Gasteiger partial charge in [0, 0.05) is 5.56 Å². The van der Waals surface area contributed by atoms with Crippen molar-refractivity contribution in [2.24, 2.45) is 5.92 Å². The van der Waals surface area contributed by atoms with E-state index in [1.807, 2.05) is 24.3 Å². The van der Waals surface area contributed by atoms with Crippen molar-refractivity contribution in [3.05, 3.63) is 30.0 Å². The van der Waals surface area contributed by atoms with E-state index in [0.29, 0.717) is 17.3 Å². The summed E-state index contributed by atoms with van der Waals surface area (Å²) in [5.41, 5.74) is 3.05. The number of benzene rings is 1. The van der Waals surface area contributed by atoms with Crippen LogP contribution >= 0.6 is 0 Å². The minimum atomic E-state index is -0.518. The highest BCUT2D eigenvalue weighted by molar-refractivity contribution is 5.91. The van der Waals surface area contributed by atoms with Crippen molar-refractivity contribution in [3.8, 4) is 17.0 Å². The van der Waals surface area contributed by atoms with Gasteiger partial charge >= 0.3 is 6.09 Å². The van der Waals surface area contributed by atoms with E-state index >= 15 is 0 Å². The topological polar surface area (TPSA) is 76.2 Å². The Labute approximate surface area is 129 Å². The lowest BCUT2D eigenvalue weighted by molar-refractivity contribution is 0.187. The number of anilines is 1. The van der Waals surface area contributed by atoms with Crippen LogP contribution in [-0.2, 0) is 11.2 Å². The second kappa shape index (κ2) is 6.98. The van der Waals surface area contributed by atoms with Crippen molar-refractivity contribution in [1.29, 1.82) is 0 Å². The molecule has 1 amide bonds. The zero-order valence-corrected chi connectivity index (χ0v) is 13.3. The smallest absolute Gasteiger partial charge is 0.411 e. The average molecular weight is 303 g/mol. The number of nitrogens with one attached hydrogen (secondary N) is 2. The van der Waals surface area contributed by atoms with E-state index in [0.717, 1.165) is 23.4 Å². The van der Waals surface area contributed by atoms with Crippen molar-refractivity contribution in [1.82, 2.24) is 10.2 Å². The predicted octanol–water partition coefficient (Wildman–Crippen LogP) is 3.46. The van der Waals surface area contributed by atoms with Gasteiger partial charge < -0.3 is 9.47 Å². The van der Waals surface area contributed by atoms with Crippen LogP contribution in [0.15, 0.2) is 24.3 Å². The molecule has 0 aliphatic heterocycles. The Bertz CT molecular complexity index is 650. The molecule has 0 fully saturated rings. The molecular weight excluding hydrogens is 282 g/mol. The second-order valence-corrected chi connectivity index (χ2v) is 5.37. The number of aromatic amines is 1. The van der Waals surface area contributed by atoms with Gasteiger partial charge in [-0.1, -0.05) is 26.0 Å². The summed E-state index contributed by atoms with van der Waals surface area (Å²) in [7, 11) is 2.95. The highest BCUT2D eigenvalue weighted by Crippen LogP contribution is 2.32. The molecule has 0 bridgehead atoms. The highest BCUT2D eigenvalue weighted by atomic mass is 16.5. The lowest BCUT2D eigenvalue weighted by Crippen LogP contribution is -2.13. The van der Waals surface area contributed by atoms with Gasteiger partial charge in [0.15, 0.2) is 0 Å². The van der Waals surface area contributed by atoms with Crippen molar-refractivity contribution in [3.63, 3.8) is 0 Å². The molecule has 2 rings (SSSR count). The molecule has 0 atom stereocenters. The number of amides is 1. The number of hydrogen-bond donors (Lipinski definition) is 2. The lowest BCUT2D eigenvalue weighted by Gasteiger charge is -2.09. The Kier molecular flexibility index (Phi) is 5.04. The fraction of sp³-hybridized carbons (Fsp3) is 0.375. The van der Waals surface area contributed by atoms with Crippen LogP contribution in [0, 0.1) is 5.92 Å². The van der Waals surface area contributed by atoms with Gasteiger partial charge in [0.05, 0.1) is 25.6 Å². The molecular formula is C16H21N3O3. The Morgan fingerprint density at radius 3 is 2.77 bits per heavy atom. The third kappa shape index (κ3) is 3.58. The first kappa shape index (κ1) is 15.9. The minimum Gasteiger partial charge on any atom is -0.497 e. The van der Waals surface area contributed by atoms with E-state index in [1.54, 1.807) is 7.11 Å². The van der Waals surface area contributed by atoms with E-state index in [9.17, 15) is 4.79 Å². The number of ether oxygens (including phenoxy) is 2. The third-order valence-electron chi connectivity index (χ3n) is 3.21. The van der Waals surface area contributed by atoms with Gasteiger partial charge in [0.25, 0.3) is 0 Å². The quantitative estimate of drug-likeness (QED) is 0.887. The predicted molar refractivity (Wildman–Crippen MR) is 85.1 cm³/mol. The fourth-order valence-electron chi connectivity index (χ4n) is 2.20. The van der Waals surface area contributed by atoms with Crippen LogP contribution in [0.4, 0.5) is 10.5 Å².